The van der Waals surface area contributed by atoms with Crippen molar-refractivity contribution in [1.29, 1.82) is 0 Å². The first-order valence-corrected chi connectivity index (χ1v) is 6.34. The van der Waals surface area contributed by atoms with Crippen molar-refractivity contribution in [1.82, 2.24) is 4.90 Å². The minimum atomic E-state index is -0.998. The second-order valence-electron chi connectivity index (χ2n) is 4.14. The molecule has 1 fully saturated rings. The molecule has 6 nitrogen and oxygen atoms in total. The average Bonchev–Trinajstić information content (AvgIpc) is 2.83. The van der Waals surface area contributed by atoms with Gasteiger partial charge in [0.25, 0.3) is 5.91 Å². The summed E-state index contributed by atoms with van der Waals surface area (Å²) in [6.07, 6.45) is -0.590. The number of aliphatic carboxylic acids is 1. The van der Waals surface area contributed by atoms with Gasteiger partial charge in [0.1, 0.15) is 6.10 Å². The van der Waals surface area contributed by atoms with E-state index in [1.54, 1.807) is 4.90 Å². The Hall–Kier alpha value is -1.14. The van der Waals surface area contributed by atoms with Crippen LogP contribution in [0.1, 0.15) is 26.7 Å². The standard InChI is InChI=1S/C12H21NO5/c1-3-13(7-8-17-4-2)11(14)9-5-6-10(18-9)12(15)16/h9-10H,3-8H2,1-2H3,(H,15,16). The van der Waals surface area contributed by atoms with Gasteiger partial charge in [-0.3, -0.25) is 4.79 Å². The van der Waals surface area contributed by atoms with Crippen molar-refractivity contribution in [3.63, 3.8) is 0 Å². The highest BCUT2D eigenvalue weighted by molar-refractivity contribution is 5.82. The minimum absolute atomic E-state index is 0.138. The number of rotatable bonds is 7. The highest BCUT2D eigenvalue weighted by Gasteiger charge is 2.36. The molecule has 2 atom stereocenters. The summed E-state index contributed by atoms with van der Waals surface area (Å²) < 4.78 is 10.5. The molecular weight excluding hydrogens is 238 g/mol. The largest absolute Gasteiger partial charge is 0.479 e. The van der Waals surface area contributed by atoms with Crippen molar-refractivity contribution in [3.05, 3.63) is 0 Å². The Morgan fingerprint density at radius 3 is 2.50 bits per heavy atom. The average molecular weight is 259 g/mol. The van der Waals surface area contributed by atoms with Gasteiger partial charge < -0.3 is 19.5 Å². The molecule has 1 rings (SSSR count). The molecule has 2 unspecified atom stereocenters. The second kappa shape index (κ2) is 7.33. The maximum absolute atomic E-state index is 12.1. The molecule has 1 aliphatic heterocycles. The van der Waals surface area contributed by atoms with E-state index in [-0.39, 0.29) is 5.91 Å². The predicted molar refractivity (Wildman–Crippen MR) is 64.3 cm³/mol. The summed E-state index contributed by atoms with van der Waals surface area (Å²) in [5.41, 5.74) is 0. The fourth-order valence-electron chi connectivity index (χ4n) is 1.95. The third-order valence-electron chi connectivity index (χ3n) is 2.97. The molecule has 0 radical (unpaired) electrons. The van der Waals surface area contributed by atoms with E-state index in [9.17, 15) is 9.59 Å². The van der Waals surface area contributed by atoms with Gasteiger partial charge in [-0.25, -0.2) is 4.79 Å². The lowest BCUT2D eigenvalue weighted by Crippen LogP contribution is -2.41. The van der Waals surface area contributed by atoms with E-state index < -0.39 is 18.2 Å². The molecule has 0 aromatic rings. The summed E-state index contributed by atoms with van der Waals surface area (Å²) in [6, 6.07) is 0. The molecule has 104 valence electrons. The van der Waals surface area contributed by atoms with E-state index in [1.807, 2.05) is 13.8 Å². The van der Waals surface area contributed by atoms with Crippen LogP contribution in [-0.4, -0.2) is 60.4 Å². The Balaban J connectivity index is 2.44. The molecule has 1 saturated heterocycles. The number of amides is 1. The molecule has 0 saturated carbocycles. The van der Waals surface area contributed by atoms with Crippen LogP contribution in [0.4, 0.5) is 0 Å². The molecule has 0 aromatic carbocycles. The van der Waals surface area contributed by atoms with Gasteiger partial charge in [0.2, 0.25) is 0 Å². The lowest BCUT2D eigenvalue weighted by Gasteiger charge is -2.23. The van der Waals surface area contributed by atoms with E-state index in [0.29, 0.717) is 39.1 Å². The monoisotopic (exact) mass is 259 g/mol. The van der Waals surface area contributed by atoms with Crippen LogP contribution < -0.4 is 0 Å². The quantitative estimate of drug-likeness (QED) is 0.674. The second-order valence-corrected chi connectivity index (χ2v) is 4.14. The first-order valence-electron chi connectivity index (χ1n) is 6.34. The lowest BCUT2D eigenvalue weighted by atomic mass is 10.2. The summed E-state index contributed by atoms with van der Waals surface area (Å²) in [5.74, 6) is -1.14. The van der Waals surface area contributed by atoms with Crippen LogP contribution in [0.2, 0.25) is 0 Å². The van der Waals surface area contributed by atoms with E-state index in [2.05, 4.69) is 0 Å². The Bertz CT molecular complexity index is 294. The first-order chi connectivity index (χ1) is 8.60. The number of carboxylic acids is 1. The maximum atomic E-state index is 12.1. The summed E-state index contributed by atoms with van der Waals surface area (Å²) >= 11 is 0. The zero-order chi connectivity index (χ0) is 13.5. The van der Waals surface area contributed by atoms with Gasteiger partial charge in [-0.15, -0.1) is 0 Å². The van der Waals surface area contributed by atoms with Crippen LogP contribution in [0, 0.1) is 0 Å². The number of carbonyl (C=O) groups excluding carboxylic acids is 1. The van der Waals surface area contributed by atoms with Gasteiger partial charge >= 0.3 is 5.97 Å². The highest BCUT2D eigenvalue weighted by Crippen LogP contribution is 2.21. The van der Waals surface area contributed by atoms with Crippen molar-refractivity contribution >= 4 is 11.9 Å². The molecule has 6 heteroatoms. The molecule has 0 aliphatic carbocycles. The van der Waals surface area contributed by atoms with Crippen molar-refractivity contribution in [2.75, 3.05) is 26.3 Å². The molecule has 1 N–H and O–H groups in total. The number of carboxylic acid groups (broad SMARTS) is 1. The van der Waals surface area contributed by atoms with Crippen LogP contribution in [0.15, 0.2) is 0 Å². The normalized spacial score (nSPS) is 23.0. The van der Waals surface area contributed by atoms with Gasteiger partial charge in [-0.1, -0.05) is 0 Å². The molecule has 1 amide bonds. The maximum Gasteiger partial charge on any atom is 0.332 e. The third kappa shape index (κ3) is 3.96. The number of hydrogen-bond acceptors (Lipinski definition) is 4. The van der Waals surface area contributed by atoms with Crippen molar-refractivity contribution in [2.45, 2.75) is 38.9 Å². The summed E-state index contributed by atoms with van der Waals surface area (Å²) in [5, 5.41) is 8.81. The molecule has 1 heterocycles. The van der Waals surface area contributed by atoms with E-state index in [4.69, 9.17) is 14.6 Å². The fourth-order valence-corrected chi connectivity index (χ4v) is 1.95. The smallest absolute Gasteiger partial charge is 0.332 e. The first kappa shape index (κ1) is 14.9. The zero-order valence-corrected chi connectivity index (χ0v) is 10.9. The van der Waals surface area contributed by atoms with E-state index in [1.165, 1.54) is 0 Å². The zero-order valence-electron chi connectivity index (χ0n) is 10.9. The van der Waals surface area contributed by atoms with Crippen molar-refractivity contribution in [3.8, 4) is 0 Å². The summed E-state index contributed by atoms with van der Waals surface area (Å²) in [7, 11) is 0. The van der Waals surface area contributed by atoms with Gasteiger partial charge in [0, 0.05) is 19.7 Å². The molecule has 0 bridgehead atoms. The molecule has 18 heavy (non-hydrogen) atoms. The molecular formula is C12H21NO5. The van der Waals surface area contributed by atoms with E-state index >= 15 is 0 Å². The molecule has 0 aromatic heterocycles. The number of hydrogen-bond donors (Lipinski definition) is 1. The Morgan fingerprint density at radius 1 is 1.33 bits per heavy atom. The van der Waals surface area contributed by atoms with Crippen LogP contribution in [0.3, 0.4) is 0 Å². The topological polar surface area (TPSA) is 76.1 Å². The number of likely N-dealkylation sites (N-methyl/N-ethyl adjacent to an activating group) is 1. The van der Waals surface area contributed by atoms with Crippen LogP contribution in [0.5, 0.6) is 0 Å². The summed E-state index contributed by atoms with van der Waals surface area (Å²) in [4.78, 5) is 24.5. The van der Waals surface area contributed by atoms with Gasteiger partial charge in [0.05, 0.1) is 6.61 Å². The Kier molecular flexibility index (Phi) is 6.07. The Morgan fingerprint density at radius 2 is 2.00 bits per heavy atom. The van der Waals surface area contributed by atoms with Gasteiger partial charge in [-0.05, 0) is 26.7 Å². The van der Waals surface area contributed by atoms with Crippen LogP contribution in [-0.2, 0) is 19.1 Å². The van der Waals surface area contributed by atoms with Crippen LogP contribution >= 0.6 is 0 Å². The molecule has 0 spiro atoms. The van der Waals surface area contributed by atoms with Gasteiger partial charge in [0.15, 0.2) is 6.10 Å². The molecule has 1 aliphatic rings. The van der Waals surface area contributed by atoms with Crippen molar-refractivity contribution < 1.29 is 24.2 Å². The number of carbonyl (C=O) groups is 2. The number of ether oxygens (including phenoxy) is 2. The highest BCUT2D eigenvalue weighted by atomic mass is 16.5. The van der Waals surface area contributed by atoms with Crippen LogP contribution in [0.25, 0.3) is 0 Å². The van der Waals surface area contributed by atoms with Crippen molar-refractivity contribution in [2.24, 2.45) is 0 Å². The third-order valence-corrected chi connectivity index (χ3v) is 2.97. The fraction of sp³-hybridized carbons (Fsp3) is 0.833. The van der Waals surface area contributed by atoms with Gasteiger partial charge in [-0.2, -0.15) is 0 Å². The van der Waals surface area contributed by atoms with E-state index in [0.717, 1.165) is 0 Å². The SMILES string of the molecule is CCOCCN(CC)C(=O)C1CCC(C(=O)O)O1. The lowest BCUT2D eigenvalue weighted by molar-refractivity contribution is -0.155. The summed E-state index contributed by atoms with van der Waals surface area (Å²) in [6.45, 7) is 5.98. The minimum Gasteiger partial charge on any atom is -0.479 e. The predicted octanol–water partition coefficient (Wildman–Crippen LogP) is 0.504. The number of nitrogens with zero attached hydrogens (tertiary/aromatic N) is 1. The Labute approximate surface area is 107 Å².